The van der Waals surface area contributed by atoms with E-state index < -0.39 is 10.0 Å². The smallest absolute Gasteiger partial charge is 0.211 e. The second-order valence-electron chi connectivity index (χ2n) is 5.76. The summed E-state index contributed by atoms with van der Waals surface area (Å²) in [5.74, 6) is 0.421. The van der Waals surface area contributed by atoms with Gasteiger partial charge in [-0.2, -0.15) is 0 Å². The lowest BCUT2D eigenvalue weighted by molar-refractivity contribution is 0.513. The molecular weight excluding hydrogens is 276 g/mol. The Labute approximate surface area is 119 Å². The van der Waals surface area contributed by atoms with E-state index in [4.69, 9.17) is 4.42 Å². The molecule has 1 heterocycles. The van der Waals surface area contributed by atoms with Gasteiger partial charge in [0.2, 0.25) is 15.9 Å². The molecule has 0 bridgehead atoms. The first-order chi connectivity index (χ1) is 9.21. The lowest BCUT2D eigenvalue weighted by atomic mass is 9.87. The number of oxazole rings is 1. The highest BCUT2D eigenvalue weighted by molar-refractivity contribution is 7.89. The summed E-state index contributed by atoms with van der Waals surface area (Å²) < 4.78 is 30.8. The highest BCUT2D eigenvalue weighted by Gasteiger charge is 2.16. The number of hydrogen-bond donors (Lipinski definition) is 1. The van der Waals surface area contributed by atoms with Crippen LogP contribution in [0, 0.1) is 0 Å². The minimum Gasteiger partial charge on any atom is -0.439 e. The van der Waals surface area contributed by atoms with Gasteiger partial charge in [-0.15, -0.1) is 0 Å². The summed E-state index contributed by atoms with van der Waals surface area (Å²) in [5, 5.41) is 0. The third-order valence-electron chi connectivity index (χ3n) is 3.12. The van der Waals surface area contributed by atoms with Crippen molar-refractivity contribution in [2.75, 3.05) is 5.75 Å². The quantitative estimate of drug-likeness (QED) is 0.941. The second kappa shape index (κ2) is 5.18. The molecule has 1 aromatic carbocycles. The molecule has 1 aromatic heterocycles. The van der Waals surface area contributed by atoms with Gasteiger partial charge < -0.3 is 4.42 Å². The number of fused-ring (bicyclic) bond motifs is 1. The monoisotopic (exact) mass is 296 g/mol. The van der Waals surface area contributed by atoms with Gasteiger partial charge in [0.15, 0.2) is 5.58 Å². The Kier molecular flexibility index (Phi) is 3.88. The Balaban J connectivity index is 2.26. The summed E-state index contributed by atoms with van der Waals surface area (Å²) in [6.07, 6.45) is 0. The fourth-order valence-electron chi connectivity index (χ4n) is 1.79. The van der Waals surface area contributed by atoms with E-state index in [9.17, 15) is 8.42 Å². The zero-order valence-corrected chi connectivity index (χ0v) is 13.0. The Morgan fingerprint density at radius 3 is 2.60 bits per heavy atom. The van der Waals surface area contributed by atoms with Gasteiger partial charge in [-0.05, 0) is 30.0 Å². The van der Waals surface area contributed by atoms with E-state index in [-0.39, 0.29) is 17.7 Å². The van der Waals surface area contributed by atoms with E-state index in [1.807, 2.05) is 18.2 Å². The van der Waals surface area contributed by atoms with Gasteiger partial charge in [-0.25, -0.2) is 18.1 Å². The van der Waals surface area contributed by atoms with Crippen LogP contribution in [-0.4, -0.2) is 19.2 Å². The zero-order chi connectivity index (χ0) is 15.0. The van der Waals surface area contributed by atoms with Gasteiger partial charge in [-0.3, -0.25) is 0 Å². The molecule has 0 unspecified atom stereocenters. The minimum absolute atomic E-state index is 0.0388. The van der Waals surface area contributed by atoms with E-state index in [0.717, 1.165) is 5.52 Å². The number of nitrogens with zero attached hydrogens (tertiary/aromatic N) is 1. The largest absolute Gasteiger partial charge is 0.439 e. The van der Waals surface area contributed by atoms with Crippen LogP contribution in [0.2, 0.25) is 0 Å². The fourth-order valence-corrected chi connectivity index (χ4v) is 2.34. The van der Waals surface area contributed by atoms with E-state index in [2.05, 4.69) is 30.5 Å². The van der Waals surface area contributed by atoms with Gasteiger partial charge in [0.1, 0.15) is 5.52 Å². The highest BCUT2D eigenvalue weighted by atomic mass is 32.2. The van der Waals surface area contributed by atoms with Crippen LogP contribution in [0.1, 0.15) is 39.1 Å². The molecule has 1 N–H and O–H groups in total. The summed E-state index contributed by atoms with van der Waals surface area (Å²) in [6.45, 7) is 8.05. The lowest BCUT2D eigenvalue weighted by Gasteiger charge is -2.18. The molecule has 2 rings (SSSR count). The van der Waals surface area contributed by atoms with Crippen molar-refractivity contribution in [3.05, 3.63) is 29.7 Å². The molecule has 0 atom stereocenters. The van der Waals surface area contributed by atoms with E-state index in [1.165, 1.54) is 5.56 Å². The Morgan fingerprint density at radius 1 is 1.30 bits per heavy atom. The Hall–Kier alpha value is -1.40. The molecule has 0 spiro atoms. The van der Waals surface area contributed by atoms with Crippen LogP contribution in [0.4, 0.5) is 0 Å². The van der Waals surface area contributed by atoms with Crippen molar-refractivity contribution >= 4 is 21.1 Å². The van der Waals surface area contributed by atoms with Crippen LogP contribution in [0.25, 0.3) is 11.1 Å². The summed E-state index contributed by atoms with van der Waals surface area (Å²) in [7, 11) is -3.24. The topological polar surface area (TPSA) is 72.2 Å². The van der Waals surface area contributed by atoms with Crippen molar-refractivity contribution in [2.24, 2.45) is 0 Å². The SMILES string of the molecule is CCS(=O)(=O)NCc1nc2cc(C(C)(C)C)ccc2o1. The zero-order valence-electron chi connectivity index (χ0n) is 12.2. The fraction of sp³-hybridized carbons (Fsp3) is 0.500. The van der Waals surface area contributed by atoms with Crippen LogP contribution in [0.5, 0.6) is 0 Å². The number of hydrogen-bond acceptors (Lipinski definition) is 4. The summed E-state index contributed by atoms with van der Waals surface area (Å²) in [5.41, 5.74) is 2.63. The first-order valence-corrected chi connectivity index (χ1v) is 8.24. The Bertz CT molecular complexity index is 712. The molecule has 110 valence electrons. The van der Waals surface area contributed by atoms with E-state index >= 15 is 0 Å². The van der Waals surface area contributed by atoms with Crippen molar-refractivity contribution in [3.8, 4) is 0 Å². The number of benzene rings is 1. The van der Waals surface area contributed by atoms with E-state index in [0.29, 0.717) is 11.5 Å². The molecule has 0 radical (unpaired) electrons. The normalized spacial score (nSPS) is 13.0. The van der Waals surface area contributed by atoms with Crippen LogP contribution in [0.15, 0.2) is 22.6 Å². The molecule has 5 nitrogen and oxygen atoms in total. The standard InChI is InChI=1S/C14H20N2O3S/c1-5-20(17,18)15-9-13-16-11-8-10(14(2,3)4)6-7-12(11)19-13/h6-8,15H,5,9H2,1-4H3. The van der Waals surface area contributed by atoms with Crippen LogP contribution >= 0.6 is 0 Å². The molecule has 0 fully saturated rings. The van der Waals surface area contributed by atoms with Crippen molar-refractivity contribution in [1.82, 2.24) is 9.71 Å². The maximum absolute atomic E-state index is 11.4. The first kappa shape index (κ1) is 15.0. The molecule has 0 saturated carbocycles. The highest BCUT2D eigenvalue weighted by Crippen LogP contribution is 2.26. The average Bonchev–Trinajstić information content (AvgIpc) is 2.77. The summed E-state index contributed by atoms with van der Waals surface area (Å²) in [4.78, 5) is 4.33. The van der Waals surface area contributed by atoms with Gasteiger partial charge in [0.05, 0.1) is 12.3 Å². The number of aromatic nitrogens is 1. The third-order valence-corrected chi connectivity index (χ3v) is 4.47. The molecule has 0 aliphatic heterocycles. The summed E-state index contributed by atoms with van der Waals surface area (Å²) in [6, 6.07) is 5.87. The van der Waals surface area contributed by atoms with E-state index in [1.54, 1.807) is 6.92 Å². The van der Waals surface area contributed by atoms with Gasteiger partial charge >= 0.3 is 0 Å². The van der Waals surface area contributed by atoms with Crippen molar-refractivity contribution < 1.29 is 12.8 Å². The summed E-state index contributed by atoms with van der Waals surface area (Å²) >= 11 is 0. The van der Waals surface area contributed by atoms with Crippen LogP contribution in [-0.2, 0) is 22.0 Å². The molecule has 0 amide bonds. The van der Waals surface area contributed by atoms with Crippen LogP contribution in [0.3, 0.4) is 0 Å². The molecule has 0 aliphatic rings. The van der Waals surface area contributed by atoms with Gasteiger partial charge in [0.25, 0.3) is 0 Å². The first-order valence-electron chi connectivity index (χ1n) is 6.58. The van der Waals surface area contributed by atoms with Crippen molar-refractivity contribution in [3.63, 3.8) is 0 Å². The average molecular weight is 296 g/mol. The van der Waals surface area contributed by atoms with Crippen LogP contribution < -0.4 is 4.72 Å². The predicted octanol–water partition coefficient (Wildman–Crippen LogP) is 2.56. The second-order valence-corrected chi connectivity index (χ2v) is 7.86. The molecule has 0 aliphatic carbocycles. The van der Waals surface area contributed by atoms with Crippen molar-refractivity contribution in [1.29, 1.82) is 0 Å². The molecule has 6 heteroatoms. The number of rotatable bonds is 4. The predicted molar refractivity (Wildman–Crippen MR) is 79.0 cm³/mol. The molecule has 20 heavy (non-hydrogen) atoms. The molecule has 2 aromatic rings. The van der Waals surface area contributed by atoms with Gasteiger partial charge in [-0.1, -0.05) is 26.8 Å². The number of nitrogens with one attached hydrogen (secondary N) is 1. The maximum atomic E-state index is 11.4. The number of sulfonamides is 1. The minimum atomic E-state index is -3.24. The maximum Gasteiger partial charge on any atom is 0.211 e. The molecular formula is C14H20N2O3S. The lowest BCUT2D eigenvalue weighted by Crippen LogP contribution is -2.24. The third kappa shape index (κ3) is 3.37. The van der Waals surface area contributed by atoms with Gasteiger partial charge in [0, 0.05) is 0 Å². The Morgan fingerprint density at radius 2 is 2.00 bits per heavy atom. The molecule has 0 saturated heterocycles. The van der Waals surface area contributed by atoms with Crippen molar-refractivity contribution in [2.45, 2.75) is 39.7 Å².